The highest BCUT2D eigenvalue weighted by atomic mass is 16.2. The highest BCUT2D eigenvalue weighted by Gasteiger charge is 2.44. The van der Waals surface area contributed by atoms with Crippen LogP contribution in [0.25, 0.3) is 11.1 Å². The second-order valence-corrected chi connectivity index (χ2v) is 9.97. The number of carbonyl (C=O) groups excluding carboxylic acids is 2. The van der Waals surface area contributed by atoms with Gasteiger partial charge in [-0.25, -0.2) is 5.43 Å². The molecule has 2 amide bonds. The van der Waals surface area contributed by atoms with E-state index in [4.69, 9.17) is 10.7 Å². The van der Waals surface area contributed by atoms with E-state index in [1.807, 2.05) is 23.2 Å². The van der Waals surface area contributed by atoms with E-state index in [0.29, 0.717) is 29.4 Å². The van der Waals surface area contributed by atoms with E-state index in [9.17, 15) is 9.59 Å². The van der Waals surface area contributed by atoms with Gasteiger partial charge in [-0.2, -0.15) is 0 Å². The van der Waals surface area contributed by atoms with Gasteiger partial charge in [-0.1, -0.05) is 25.1 Å². The molecular formula is C26H33N5O2. The van der Waals surface area contributed by atoms with Gasteiger partial charge in [-0.3, -0.25) is 20.0 Å². The first-order valence-corrected chi connectivity index (χ1v) is 12.2. The Hall–Kier alpha value is -2.77. The molecule has 4 atom stereocenters. The Kier molecular flexibility index (Phi) is 6.17. The van der Waals surface area contributed by atoms with Crippen LogP contribution in [0.1, 0.15) is 61.0 Å². The van der Waals surface area contributed by atoms with Gasteiger partial charge in [0, 0.05) is 54.0 Å². The van der Waals surface area contributed by atoms with Gasteiger partial charge < -0.3 is 10.6 Å². The highest BCUT2D eigenvalue weighted by Crippen LogP contribution is 2.35. The van der Waals surface area contributed by atoms with Crippen molar-refractivity contribution in [3.8, 4) is 11.1 Å². The Balaban J connectivity index is 1.18. The molecule has 5 rings (SSSR count). The molecule has 1 aliphatic carbocycles. The highest BCUT2D eigenvalue weighted by molar-refractivity contribution is 5.93. The summed E-state index contributed by atoms with van der Waals surface area (Å²) in [5, 5.41) is 0. The Bertz CT molecular complexity index is 998. The maximum atomic E-state index is 13.3. The number of amides is 2. The van der Waals surface area contributed by atoms with Crippen LogP contribution in [-0.4, -0.2) is 46.9 Å². The topological polar surface area (TPSA) is 100 Å². The summed E-state index contributed by atoms with van der Waals surface area (Å²) in [5.41, 5.74) is 15.6. The van der Waals surface area contributed by atoms with Crippen LogP contribution in [0.3, 0.4) is 0 Å². The van der Waals surface area contributed by atoms with E-state index >= 15 is 0 Å². The second-order valence-electron chi connectivity index (χ2n) is 9.97. The van der Waals surface area contributed by atoms with Crippen molar-refractivity contribution in [1.82, 2.24) is 20.7 Å². The first kappa shape index (κ1) is 22.0. The normalized spacial score (nSPS) is 27.8. The zero-order valence-corrected chi connectivity index (χ0v) is 19.2. The van der Waals surface area contributed by atoms with Crippen molar-refractivity contribution in [1.29, 1.82) is 0 Å². The number of primary amides is 1. The Morgan fingerprint density at radius 3 is 2.36 bits per heavy atom. The number of nitrogens with zero attached hydrogens (tertiary/aromatic N) is 2. The molecule has 174 valence electrons. The van der Waals surface area contributed by atoms with Crippen molar-refractivity contribution < 1.29 is 9.59 Å². The molecule has 4 N–H and O–H groups in total. The minimum Gasteiger partial charge on any atom is -0.366 e. The van der Waals surface area contributed by atoms with Gasteiger partial charge >= 0.3 is 0 Å². The number of carbonyl (C=O) groups is 2. The lowest BCUT2D eigenvalue weighted by Gasteiger charge is -2.36. The van der Waals surface area contributed by atoms with Gasteiger partial charge in [0.05, 0.1) is 0 Å². The summed E-state index contributed by atoms with van der Waals surface area (Å²) in [4.78, 5) is 31.3. The predicted octanol–water partition coefficient (Wildman–Crippen LogP) is 2.83. The molecule has 7 nitrogen and oxygen atoms in total. The van der Waals surface area contributed by atoms with Crippen LogP contribution >= 0.6 is 0 Å². The fourth-order valence-corrected chi connectivity index (χ4v) is 5.76. The second kappa shape index (κ2) is 9.23. The van der Waals surface area contributed by atoms with Crippen molar-refractivity contribution in [3.63, 3.8) is 0 Å². The van der Waals surface area contributed by atoms with Crippen molar-refractivity contribution in [3.05, 3.63) is 53.9 Å². The lowest BCUT2D eigenvalue weighted by molar-refractivity contribution is -0.135. The fourth-order valence-electron chi connectivity index (χ4n) is 5.76. The molecule has 33 heavy (non-hydrogen) atoms. The molecule has 0 spiro atoms. The largest absolute Gasteiger partial charge is 0.366 e. The molecule has 1 aromatic heterocycles. The molecule has 3 fully saturated rings. The van der Waals surface area contributed by atoms with Gasteiger partial charge in [0.2, 0.25) is 11.8 Å². The molecule has 0 radical (unpaired) electrons. The summed E-state index contributed by atoms with van der Waals surface area (Å²) in [7, 11) is 0. The number of fused-ring (bicyclic) bond motifs is 1. The van der Waals surface area contributed by atoms with Crippen molar-refractivity contribution >= 4 is 11.8 Å². The minimum absolute atomic E-state index is 0.0901. The number of hydrazine groups is 1. The summed E-state index contributed by atoms with van der Waals surface area (Å²) in [6, 6.07) is 11.8. The first-order chi connectivity index (χ1) is 16.0. The number of nitrogens with one attached hydrogen (secondary N) is 2. The Labute approximate surface area is 195 Å². The number of hydrogen-bond acceptors (Lipinski definition) is 5. The smallest absolute Gasteiger partial charge is 0.248 e. The van der Waals surface area contributed by atoms with Gasteiger partial charge in [0.15, 0.2) is 0 Å². The van der Waals surface area contributed by atoms with E-state index < -0.39 is 5.91 Å². The zero-order chi connectivity index (χ0) is 22.9. The summed E-state index contributed by atoms with van der Waals surface area (Å²) in [5.74, 6) is 1.31. The molecule has 2 aromatic rings. The third-order valence-electron chi connectivity index (χ3n) is 7.79. The molecule has 3 heterocycles. The van der Waals surface area contributed by atoms with Crippen LogP contribution in [0.4, 0.5) is 0 Å². The van der Waals surface area contributed by atoms with E-state index in [0.717, 1.165) is 55.6 Å². The summed E-state index contributed by atoms with van der Waals surface area (Å²) in [6.07, 6.45) is 7.30. The molecule has 4 unspecified atom stereocenters. The van der Waals surface area contributed by atoms with Crippen LogP contribution < -0.4 is 16.6 Å². The number of rotatable bonds is 4. The average molecular weight is 448 g/mol. The maximum Gasteiger partial charge on any atom is 0.248 e. The summed E-state index contributed by atoms with van der Waals surface area (Å²) in [6.45, 7) is 3.87. The van der Waals surface area contributed by atoms with E-state index in [-0.39, 0.29) is 11.9 Å². The predicted molar refractivity (Wildman–Crippen MR) is 127 cm³/mol. The van der Waals surface area contributed by atoms with Crippen molar-refractivity contribution in [2.75, 3.05) is 13.1 Å². The van der Waals surface area contributed by atoms with Gasteiger partial charge in [0.1, 0.15) is 6.04 Å². The number of nitrogens with two attached hydrogens (primary N) is 1. The lowest BCUT2D eigenvalue weighted by atomic mass is 9.76. The number of piperidine rings is 1. The van der Waals surface area contributed by atoms with Crippen LogP contribution in [0.5, 0.6) is 0 Å². The molecule has 1 aromatic carbocycles. The Morgan fingerprint density at radius 2 is 1.70 bits per heavy atom. The third kappa shape index (κ3) is 4.52. The molecule has 0 bridgehead atoms. The van der Waals surface area contributed by atoms with Gasteiger partial charge in [-0.05, 0) is 61.8 Å². The van der Waals surface area contributed by atoms with Crippen molar-refractivity contribution in [2.24, 2.45) is 17.6 Å². The maximum absolute atomic E-state index is 13.3. The summed E-state index contributed by atoms with van der Waals surface area (Å²) < 4.78 is 0. The van der Waals surface area contributed by atoms with Crippen LogP contribution in [0, 0.1) is 11.8 Å². The van der Waals surface area contributed by atoms with Crippen LogP contribution in [0.2, 0.25) is 0 Å². The quantitative estimate of drug-likeness (QED) is 0.669. The lowest BCUT2D eigenvalue weighted by Crippen LogP contribution is -2.50. The fraction of sp³-hybridized carbons (Fsp3) is 0.500. The van der Waals surface area contributed by atoms with Crippen LogP contribution in [-0.2, 0) is 4.79 Å². The molecule has 2 aliphatic heterocycles. The summed E-state index contributed by atoms with van der Waals surface area (Å²) >= 11 is 0. The molecule has 1 saturated carbocycles. The molecule has 3 aliphatic rings. The van der Waals surface area contributed by atoms with E-state index in [2.05, 4.69) is 29.9 Å². The minimum atomic E-state index is -0.423. The van der Waals surface area contributed by atoms with Gasteiger partial charge in [0.25, 0.3) is 0 Å². The average Bonchev–Trinajstić information content (AvgIpc) is 3.27. The number of benzene rings is 1. The SMILES string of the molecule is CC1CCC2NNC(C(=O)N3CCC(c4ccc(-c5ccc(C(N)=O)cc5)cn4)CC3)C2C1. The molecule has 2 saturated heterocycles. The number of aromatic nitrogens is 1. The zero-order valence-electron chi connectivity index (χ0n) is 19.2. The standard InChI is InChI=1S/C26H33N5O2/c1-16-2-8-23-21(14-16)24(30-29-23)26(33)31-12-10-18(11-13-31)22-9-7-20(15-28-22)17-3-5-19(6-4-17)25(27)32/h3-7,9,15-16,18,21,23-24,29-30H,2,8,10-14H2,1H3,(H2,27,32). The number of hydrogen-bond donors (Lipinski definition) is 3. The van der Waals surface area contributed by atoms with Gasteiger partial charge in [-0.15, -0.1) is 0 Å². The van der Waals surface area contributed by atoms with Crippen LogP contribution in [0.15, 0.2) is 42.6 Å². The Morgan fingerprint density at radius 1 is 0.970 bits per heavy atom. The first-order valence-electron chi connectivity index (χ1n) is 12.2. The number of likely N-dealkylation sites (tertiary alicyclic amines) is 1. The van der Waals surface area contributed by atoms with E-state index in [1.54, 1.807) is 12.1 Å². The third-order valence-corrected chi connectivity index (χ3v) is 7.79. The number of pyridine rings is 1. The monoisotopic (exact) mass is 447 g/mol. The van der Waals surface area contributed by atoms with Crippen molar-refractivity contribution in [2.45, 2.75) is 57.0 Å². The molecular weight excluding hydrogens is 414 g/mol. The van der Waals surface area contributed by atoms with E-state index in [1.165, 1.54) is 6.42 Å². The molecule has 7 heteroatoms.